The number of aryl methyl sites for hydroxylation is 1. The number of aliphatic imine (C=N–C) groups is 1. The second-order valence-corrected chi connectivity index (χ2v) is 8.26. The van der Waals surface area contributed by atoms with Crippen LogP contribution in [0.2, 0.25) is 0 Å². The fourth-order valence-electron chi connectivity index (χ4n) is 4.51. The van der Waals surface area contributed by atoms with Crippen LogP contribution >= 0.6 is 0 Å². The van der Waals surface area contributed by atoms with E-state index in [0.29, 0.717) is 0 Å². The fraction of sp³-hybridized carbons (Fsp3) is 0.800. The summed E-state index contributed by atoms with van der Waals surface area (Å²) in [6, 6.07) is 0.803. The van der Waals surface area contributed by atoms with E-state index in [1.54, 1.807) is 0 Å². The smallest absolute Gasteiger partial charge is 0.194 e. The van der Waals surface area contributed by atoms with Gasteiger partial charge >= 0.3 is 0 Å². The zero-order valence-electron chi connectivity index (χ0n) is 17.0. The highest BCUT2D eigenvalue weighted by molar-refractivity contribution is 5.80. The molecule has 0 radical (unpaired) electrons. The van der Waals surface area contributed by atoms with Gasteiger partial charge in [-0.1, -0.05) is 13.8 Å². The van der Waals surface area contributed by atoms with E-state index in [1.807, 2.05) is 31.2 Å². The van der Waals surface area contributed by atoms with E-state index in [9.17, 15) is 0 Å². The van der Waals surface area contributed by atoms with Crippen molar-refractivity contribution in [2.24, 2.45) is 23.9 Å². The summed E-state index contributed by atoms with van der Waals surface area (Å²) in [5.74, 6) is 2.81. The van der Waals surface area contributed by atoms with Gasteiger partial charge < -0.3 is 10.2 Å². The molecule has 1 N–H and O–H groups in total. The maximum Gasteiger partial charge on any atom is 0.194 e. The molecule has 1 saturated carbocycles. The average Bonchev–Trinajstić information content (AvgIpc) is 3.08. The first-order valence-corrected chi connectivity index (χ1v) is 10.2. The Kier molecular flexibility index (Phi) is 6.57. The van der Waals surface area contributed by atoms with Crippen molar-refractivity contribution in [3.63, 3.8) is 0 Å². The van der Waals surface area contributed by atoms with E-state index in [1.165, 1.54) is 31.2 Å². The predicted molar refractivity (Wildman–Crippen MR) is 107 cm³/mol. The molecule has 1 aromatic rings. The molecular weight excluding hydrogens is 324 g/mol. The molecular formula is C20H36N6. The van der Waals surface area contributed by atoms with Gasteiger partial charge in [-0.05, 0) is 37.5 Å². The Labute approximate surface area is 158 Å². The molecule has 6 heteroatoms. The lowest BCUT2D eigenvalue weighted by atomic mass is 9.79. The van der Waals surface area contributed by atoms with Crippen molar-refractivity contribution < 1.29 is 0 Å². The maximum atomic E-state index is 4.49. The summed E-state index contributed by atoms with van der Waals surface area (Å²) in [5.41, 5.74) is 1.19. The molecule has 26 heavy (non-hydrogen) atoms. The van der Waals surface area contributed by atoms with Crippen LogP contribution in [0.15, 0.2) is 17.4 Å². The van der Waals surface area contributed by atoms with Gasteiger partial charge in [-0.25, -0.2) is 0 Å². The van der Waals surface area contributed by atoms with Crippen molar-refractivity contribution in [3.8, 4) is 0 Å². The van der Waals surface area contributed by atoms with Gasteiger partial charge in [0.05, 0.1) is 6.20 Å². The van der Waals surface area contributed by atoms with Crippen LogP contribution in [0.25, 0.3) is 0 Å². The summed E-state index contributed by atoms with van der Waals surface area (Å²) >= 11 is 0. The van der Waals surface area contributed by atoms with Gasteiger partial charge in [-0.15, -0.1) is 0 Å². The Balaban J connectivity index is 1.43. The minimum atomic E-state index is 0.778. The molecule has 0 aromatic carbocycles. The highest BCUT2D eigenvalue weighted by Gasteiger charge is 2.29. The molecule has 0 bridgehead atoms. The molecule has 146 valence electrons. The molecule has 2 aliphatic rings. The topological polar surface area (TPSA) is 48.7 Å². The van der Waals surface area contributed by atoms with Gasteiger partial charge in [0.15, 0.2) is 5.96 Å². The molecule has 1 aliphatic heterocycles. The summed E-state index contributed by atoms with van der Waals surface area (Å²) in [6.07, 6.45) is 9.55. The van der Waals surface area contributed by atoms with Crippen LogP contribution in [-0.2, 0) is 13.6 Å². The number of aromatic nitrogens is 2. The number of hydrogen-bond acceptors (Lipinski definition) is 3. The minimum absolute atomic E-state index is 0.778. The average molecular weight is 361 g/mol. The lowest BCUT2D eigenvalue weighted by Crippen LogP contribution is -2.55. The number of rotatable bonds is 4. The van der Waals surface area contributed by atoms with Crippen LogP contribution < -0.4 is 5.32 Å². The number of nitrogens with zero attached hydrogens (tertiary/aromatic N) is 5. The van der Waals surface area contributed by atoms with Crippen molar-refractivity contribution in [1.29, 1.82) is 0 Å². The molecule has 0 spiro atoms. The molecule has 1 aliphatic carbocycles. The summed E-state index contributed by atoms with van der Waals surface area (Å²) in [4.78, 5) is 9.61. The molecule has 2 fully saturated rings. The summed E-state index contributed by atoms with van der Waals surface area (Å²) in [6.45, 7) is 9.99. The van der Waals surface area contributed by atoms with Crippen LogP contribution in [0.5, 0.6) is 0 Å². The quantitative estimate of drug-likeness (QED) is 0.661. The third-order valence-corrected chi connectivity index (χ3v) is 6.24. The molecule has 1 aromatic heterocycles. The summed E-state index contributed by atoms with van der Waals surface area (Å²) in [5, 5.41) is 7.71. The van der Waals surface area contributed by atoms with Gasteiger partial charge in [0.2, 0.25) is 0 Å². The van der Waals surface area contributed by atoms with E-state index >= 15 is 0 Å². The van der Waals surface area contributed by atoms with Crippen molar-refractivity contribution in [2.75, 3.05) is 33.2 Å². The molecule has 0 atom stereocenters. The number of nitrogens with one attached hydrogen (secondary N) is 1. The first-order chi connectivity index (χ1) is 12.6. The lowest BCUT2D eigenvalue weighted by Gasteiger charge is -2.43. The van der Waals surface area contributed by atoms with Crippen LogP contribution in [0.1, 0.15) is 45.1 Å². The fourth-order valence-corrected chi connectivity index (χ4v) is 4.51. The van der Waals surface area contributed by atoms with E-state index in [0.717, 1.165) is 56.6 Å². The Bertz CT molecular complexity index is 577. The first kappa shape index (κ1) is 19.2. The highest BCUT2D eigenvalue weighted by atomic mass is 15.4. The van der Waals surface area contributed by atoms with Gasteiger partial charge in [-0.2, -0.15) is 5.10 Å². The van der Waals surface area contributed by atoms with Crippen molar-refractivity contribution >= 4 is 5.96 Å². The molecule has 2 heterocycles. The molecule has 3 rings (SSSR count). The van der Waals surface area contributed by atoms with Crippen LogP contribution in [0.3, 0.4) is 0 Å². The van der Waals surface area contributed by atoms with E-state index < -0.39 is 0 Å². The van der Waals surface area contributed by atoms with E-state index in [-0.39, 0.29) is 0 Å². The van der Waals surface area contributed by atoms with E-state index in [4.69, 9.17) is 0 Å². The molecule has 0 unspecified atom stereocenters. The third-order valence-electron chi connectivity index (χ3n) is 6.24. The maximum absolute atomic E-state index is 4.49. The standard InChI is InChI=1S/C20H36N6/c1-16(2)18-5-7-19(8-6-18)25-9-11-26(12-10-25)20(21-3)22-13-17-14-23-24(4)15-17/h14-16,18-19H,5-13H2,1-4H3,(H,21,22). The summed E-state index contributed by atoms with van der Waals surface area (Å²) in [7, 11) is 3.83. The van der Waals surface area contributed by atoms with Gasteiger partial charge in [0, 0.05) is 64.6 Å². The molecule has 1 saturated heterocycles. The van der Waals surface area contributed by atoms with Crippen LogP contribution in [0, 0.1) is 11.8 Å². The minimum Gasteiger partial charge on any atom is -0.352 e. The van der Waals surface area contributed by atoms with Gasteiger partial charge in [0.1, 0.15) is 0 Å². The summed E-state index contributed by atoms with van der Waals surface area (Å²) < 4.78 is 1.84. The highest BCUT2D eigenvalue weighted by Crippen LogP contribution is 2.32. The predicted octanol–water partition coefficient (Wildman–Crippen LogP) is 2.33. The normalized spacial score (nSPS) is 25.7. The molecule has 0 amide bonds. The Morgan fingerprint density at radius 3 is 2.42 bits per heavy atom. The Morgan fingerprint density at radius 2 is 1.88 bits per heavy atom. The van der Waals surface area contributed by atoms with E-state index in [2.05, 4.69) is 39.1 Å². The zero-order chi connectivity index (χ0) is 18.5. The van der Waals surface area contributed by atoms with Crippen molar-refractivity contribution in [1.82, 2.24) is 24.9 Å². The Hall–Kier alpha value is -1.56. The van der Waals surface area contributed by atoms with Crippen LogP contribution in [0.4, 0.5) is 0 Å². The number of guanidine groups is 1. The second kappa shape index (κ2) is 8.89. The van der Waals surface area contributed by atoms with Crippen LogP contribution in [-0.4, -0.2) is 64.8 Å². The SMILES string of the molecule is CN=C(NCc1cnn(C)c1)N1CCN(C2CCC(C(C)C)CC2)CC1. The van der Waals surface area contributed by atoms with Gasteiger partial charge in [-0.3, -0.25) is 14.6 Å². The van der Waals surface area contributed by atoms with Crippen molar-refractivity contribution in [2.45, 2.75) is 52.1 Å². The van der Waals surface area contributed by atoms with Gasteiger partial charge in [0.25, 0.3) is 0 Å². The second-order valence-electron chi connectivity index (χ2n) is 8.26. The first-order valence-electron chi connectivity index (χ1n) is 10.2. The zero-order valence-corrected chi connectivity index (χ0v) is 17.0. The van der Waals surface area contributed by atoms with Crippen molar-refractivity contribution in [3.05, 3.63) is 18.0 Å². The molecule has 6 nitrogen and oxygen atoms in total. The number of hydrogen-bond donors (Lipinski definition) is 1. The monoisotopic (exact) mass is 360 g/mol. The number of piperazine rings is 1. The third kappa shape index (κ3) is 4.78. The largest absolute Gasteiger partial charge is 0.352 e. The lowest BCUT2D eigenvalue weighted by molar-refractivity contribution is 0.0864. The Morgan fingerprint density at radius 1 is 1.19 bits per heavy atom.